The molecule has 0 bridgehead atoms. The third kappa shape index (κ3) is 7.28. The van der Waals surface area contributed by atoms with E-state index in [0.29, 0.717) is 12.3 Å². The molecule has 0 aromatic carbocycles. The summed E-state index contributed by atoms with van der Waals surface area (Å²) in [7, 11) is 2.17. The second-order valence-corrected chi connectivity index (χ2v) is 7.16. The van der Waals surface area contributed by atoms with E-state index in [1.165, 1.54) is 25.7 Å². The Morgan fingerprint density at radius 2 is 1.95 bits per heavy atom. The number of likely N-dealkylation sites (tertiary alicyclic amines) is 1. The summed E-state index contributed by atoms with van der Waals surface area (Å²) in [6.45, 7) is 8.34. The van der Waals surface area contributed by atoms with Gasteiger partial charge >= 0.3 is 0 Å². The van der Waals surface area contributed by atoms with Crippen LogP contribution in [0.5, 0.6) is 0 Å². The Balaban J connectivity index is 2.24. The van der Waals surface area contributed by atoms with Gasteiger partial charge in [-0.05, 0) is 63.7 Å². The molecule has 0 aliphatic carbocycles. The maximum absolute atomic E-state index is 12.1. The maximum Gasteiger partial charge on any atom is 0.220 e. The first-order chi connectivity index (χ1) is 9.99. The third-order valence-corrected chi connectivity index (χ3v) is 4.96. The van der Waals surface area contributed by atoms with Gasteiger partial charge in [0.1, 0.15) is 0 Å². The fraction of sp³-hybridized carbons (Fsp3) is 0.941. The van der Waals surface area contributed by atoms with Gasteiger partial charge in [0.15, 0.2) is 0 Å². The summed E-state index contributed by atoms with van der Waals surface area (Å²) in [5, 5.41) is 3.16. The first-order valence-corrected chi connectivity index (χ1v) is 8.64. The van der Waals surface area contributed by atoms with E-state index in [1.54, 1.807) is 0 Å². The van der Waals surface area contributed by atoms with Crippen LogP contribution in [-0.2, 0) is 4.79 Å². The molecule has 4 nitrogen and oxygen atoms in total. The van der Waals surface area contributed by atoms with E-state index >= 15 is 0 Å². The Morgan fingerprint density at radius 1 is 1.29 bits per heavy atom. The van der Waals surface area contributed by atoms with Crippen molar-refractivity contribution in [1.29, 1.82) is 0 Å². The quantitative estimate of drug-likeness (QED) is 0.687. The fourth-order valence-corrected chi connectivity index (χ4v) is 3.15. The van der Waals surface area contributed by atoms with Crippen LogP contribution in [0, 0.1) is 11.3 Å². The first-order valence-electron chi connectivity index (χ1n) is 8.64. The van der Waals surface area contributed by atoms with Crippen LogP contribution in [-0.4, -0.2) is 44.0 Å². The van der Waals surface area contributed by atoms with Crippen molar-refractivity contribution in [3.63, 3.8) is 0 Å². The number of amides is 1. The summed E-state index contributed by atoms with van der Waals surface area (Å²) in [4.78, 5) is 14.4. The van der Waals surface area contributed by atoms with E-state index in [1.807, 2.05) is 0 Å². The van der Waals surface area contributed by atoms with E-state index < -0.39 is 0 Å². The van der Waals surface area contributed by atoms with Gasteiger partial charge in [0.05, 0.1) is 0 Å². The van der Waals surface area contributed by atoms with Gasteiger partial charge in [-0.2, -0.15) is 0 Å². The van der Waals surface area contributed by atoms with Crippen molar-refractivity contribution in [1.82, 2.24) is 10.2 Å². The monoisotopic (exact) mass is 297 g/mol. The second kappa shape index (κ2) is 9.42. The predicted octanol–water partition coefficient (Wildman–Crippen LogP) is 2.38. The molecule has 124 valence electrons. The van der Waals surface area contributed by atoms with Crippen molar-refractivity contribution >= 4 is 5.91 Å². The van der Waals surface area contributed by atoms with Gasteiger partial charge in [-0.25, -0.2) is 0 Å². The maximum atomic E-state index is 12.1. The second-order valence-electron chi connectivity index (χ2n) is 7.16. The van der Waals surface area contributed by atoms with Gasteiger partial charge in [-0.3, -0.25) is 4.79 Å². The third-order valence-electron chi connectivity index (χ3n) is 4.96. The van der Waals surface area contributed by atoms with Gasteiger partial charge in [0.2, 0.25) is 5.91 Å². The summed E-state index contributed by atoms with van der Waals surface area (Å²) in [6.07, 6.45) is 7.40. The largest absolute Gasteiger partial charge is 0.356 e. The number of carbonyl (C=O) groups excluding carboxylic acids is 1. The zero-order chi connectivity index (χ0) is 15.7. The number of piperidine rings is 1. The molecule has 1 fully saturated rings. The average Bonchev–Trinajstić information content (AvgIpc) is 2.47. The summed E-state index contributed by atoms with van der Waals surface area (Å²) in [6, 6.07) is 0. The number of nitrogens with one attached hydrogen (secondary N) is 1. The molecule has 3 N–H and O–H groups in total. The van der Waals surface area contributed by atoms with Crippen LogP contribution in [0.1, 0.15) is 58.8 Å². The molecule has 1 amide bonds. The van der Waals surface area contributed by atoms with Crippen LogP contribution in [0.2, 0.25) is 0 Å². The number of carbonyl (C=O) groups is 1. The van der Waals surface area contributed by atoms with Crippen LogP contribution in [0.4, 0.5) is 0 Å². The minimum absolute atomic E-state index is 0.216. The average molecular weight is 297 g/mol. The summed E-state index contributed by atoms with van der Waals surface area (Å²) >= 11 is 0. The smallest absolute Gasteiger partial charge is 0.220 e. The molecule has 1 rings (SSSR count). The zero-order valence-electron chi connectivity index (χ0n) is 14.3. The van der Waals surface area contributed by atoms with Gasteiger partial charge in [0.25, 0.3) is 0 Å². The number of nitrogens with two attached hydrogens (primary N) is 1. The van der Waals surface area contributed by atoms with Crippen molar-refractivity contribution in [3.05, 3.63) is 0 Å². The molecule has 0 saturated carbocycles. The highest BCUT2D eigenvalue weighted by molar-refractivity contribution is 5.75. The number of rotatable bonds is 9. The van der Waals surface area contributed by atoms with E-state index in [4.69, 9.17) is 5.73 Å². The Bertz CT molecular complexity index is 292. The Kier molecular flexibility index (Phi) is 8.27. The van der Waals surface area contributed by atoms with Crippen LogP contribution in [0.3, 0.4) is 0 Å². The molecule has 1 aliphatic heterocycles. The van der Waals surface area contributed by atoms with Gasteiger partial charge in [-0.1, -0.05) is 26.7 Å². The minimum Gasteiger partial charge on any atom is -0.356 e. The SMILES string of the molecule is CCCC(CCN)CCC(=O)NCC1(C)CCN(C)CC1. The zero-order valence-corrected chi connectivity index (χ0v) is 14.3. The minimum atomic E-state index is 0.216. The van der Waals surface area contributed by atoms with Crippen LogP contribution < -0.4 is 11.1 Å². The first kappa shape index (κ1) is 18.4. The summed E-state index contributed by atoms with van der Waals surface area (Å²) in [5.74, 6) is 0.831. The molecule has 0 aromatic rings. The molecule has 1 saturated heterocycles. The lowest BCUT2D eigenvalue weighted by Gasteiger charge is -2.38. The van der Waals surface area contributed by atoms with Gasteiger partial charge in [0, 0.05) is 13.0 Å². The van der Waals surface area contributed by atoms with Crippen molar-refractivity contribution in [3.8, 4) is 0 Å². The van der Waals surface area contributed by atoms with E-state index in [-0.39, 0.29) is 11.3 Å². The number of hydrogen-bond donors (Lipinski definition) is 2. The molecular formula is C17H35N3O. The Labute approximate surface area is 130 Å². The molecule has 4 heteroatoms. The van der Waals surface area contributed by atoms with Crippen molar-refractivity contribution < 1.29 is 4.79 Å². The summed E-state index contributed by atoms with van der Waals surface area (Å²) < 4.78 is 0. The Morgan fingerprint density at radius 3 is 2.52 bits per heavy atom. The van der Waals surface area contributed by atoms with Crippen LogP contribution in [0.25, 0.3) is 0 Å². The highest BCUT2D eigenvalue weighted by atomic mass is 16.1. The lowest BCUT2D eigenvalue weighted by Crippen LogP contribution is -2.43. The topological polar surface area (TPSA) is 58.4 Å². The molecule has 0 aromatic heterocycles. The molecule has 0 radical (unpaired) electrons. The van der Waals surface area contributed by atoms with E-state index in [2.05, 4.69) is 31.1 Å². The normalized spacial score (nSPS) is 20.2. The van der Waals surface area contributed by atoms with Crippen LogP contribution >= 0.6 is 0 Å². The highest BCUT2D eigenvalue weighted by Gasteiger charge is 2.29. The molecule has 0 spiro atoms. The molecular weight excluding hydrogens is 262 g/mol. The molecule has 1 heterocycles. The number of nitrogens with zero attached hydrogens (tertiary/aromatic N) is 1. The van der Waals surface area contributed by atoms with E-state index in [9.17, 15) is 4.79 Å². The molecule has 21 heavy (non-hydrogen) atoms. The van der Waals surface area contributed by atoms with Crippen molar-refractivity contribution in [2.24, 2.45) is 17.1 Å². The highest BCUT2D eigenvalue weighted by Crippen LogP contribution is 2.29. The van der Waals surface area contributed by atoms with E-state index in [0.717, 1.165) is 39.0 Å². The standard InChI is InChI=1S/C17H35N3O/c1-4-5-15(8-11-18)6-7-16(21)19-14-17(2)9-12-20(3)13-10-17/h15H,4-14,18H2,1-3H3,(H,19,21). The molecule has 1 atom stereocenters. The van der Waals surface area contributed by atoms with Gasteiger partial charge in [-0.15, -0.1) is 0 Å². The summed E-state index contributed by atoms with van der Waals surface area (Å²) in [5.41, 5.74) is 5.93. The predicted molar refractivity (Wildman–Crippen MR) is 89.2 cm³/mol. The fourth-order valence-electron chi connectivity index (χ4n) is 3.15. The molecule has 1 unspecified atom stereocenters. The lowest BCUT2D eigenvalue weighted by atomic mass is 9.80. The number of hydrogen-bond acceptors (Lipinski definition) is 3. The van der Waals surface area contributed by atoms with Gasteiger partial charge < -0.3 is 16.0 Å². The molecule has 1 aliphatic rings. The van der Waals surface area contributed by atoms with Crippen LogP contribution in [0.15, 0.2) is 0 Å². The lowest BCUT2D eigenvalue weighted by molar-refractivity contribution is -0.122. The van der Waals surface area contributed by atoms with Crippen molar-refractivity contribution in [2.45, 2.75) is 58.8 Å². The van der Waals surface area contributed by atoms with Crippen molar-refractivity contribution in [2.75, 3.05) is 33.2 Å². The Hall–Kier alpha value is -0.610.